The first kappa shape index (κ1) is 13.0. The molecule has 0 saturated carbocycles. The van der Waals surface area contributed by atoms with E-state index in [1.165, 1.54) is 0 Å². The zero-order valence-electron chi connectivity index (χ0n) is 9.92. The van der Waals surface area contributed by atoms with Gasteiger partial charge < -0.3 is 15.2 Å². The minimum Gasteiger partial charge on any atom is -0.494 e. The number of nitrogens with zero attached hydrogens (tertiary/aromatic N) is 2. The molecule has 1 aromatic rings. The van der Waals surface area contributed by atoms with Gasteiger partial charge in [0, 0.05) is 5.56 Å². The van der Waals surface area contributed by atoms with Crippen LogP contribution < -0.4 is 4.74 Å². The molecule has 0 fully saturated rings. The van der Waals surface area contributed by atoms with E-state index in [2.05, 4.69) is 10.3 Å². The molecule has 0 unspecified atom stereocenters. The van der Waals surface area contributed by atoms with Gasteiger partial charge >= 0.3 is 0 Å². The second-order valence-corrected chi connectivity index (χ2v) is 3.51. The summed E-state index contributed by atoms with van der Waals surface area (Å²) in [4.78, 5) is 0. The third-order valence-electron chi connectivity index (χ3n) is 2.19. The molecule has 0 aliphatic carbocycles. The lowest BCUT2D eigenvalue weighted by atomic mass is 10.1. The van der Waals surface area contributed by atoms with Crippen molar-refractivity contribution >= 4 is 11.4 Å². The number of hydrogen-bond donors (Lipinski definition) is 2. The lowest BCUT2D eigenvalue weighted by Crippen LogP contribution is -2.12. The Balaban J connectivity index is 2.86. The summed E-state index contributed by atoms with van der Waals surface area (Å²) < 4.78 is 5.43. The highest BCUT2D eigenvalue weighted by Gasteiger charge is 2.08. The van der Waals surface area contributed by atoms with Crippen molar-refractivity contribution in [3.8, 4) is 5.75 Å². The molecule has 92 valence electrons. The fourth-order valence-corrected chi connectivity index (χ4v) is 1.32. The first-order valence-electron chi connectivity index (χ1n) is 5.37. The summed E-state index contributed by atoms with van der Waals surface area (Å²) in [5.41, 5.74) is 1.14. The average Bonchev–Trinajstić information content (AvgIpc) is 2.38. The van der Waals surface area contributed by atoms with Crippen molar-refractivity contribution in [3.05, 3.63) is 29.8 Å². The first-order chi connectivity index (χ1) is 8.22. The Hall–Kier alpha value is -2.04. The van der Waals surface area contributed by atoms with Gasteiger partial charge in [0.15, 0.2) is 0 Å². The van der Waals surface area contributed by atoms with E-state index in [4.69, 9.17) is 15.2 Å². The van der Waals surface area contributed by atoms with Crippen LogP contribution >= 0.6 is 0 Å². The summed E-state index contributed by atoms with van der Waals surface area (Å²) in [6.45, 7) is 4.25. The topological polar surface area (TPSA) is 74.4 Å². The van der Waals surface area contributed by atoms with Gasteiger partial charge in [-0.15, -0.1) is 0 Å². The van der Waals surface area contributed by atoms with E-state index in [1.54, 1.807) is 31.2 Å². The number of oxime groups is 2. The lowest BCUT2D eigenvalue weighted by Gasteiger charge is -2.06. The minimum atomic E-state index is 0.231. The van der Waals surface area contributed by atoms with Gasteiger partial charge in [-0.25, -0.2) is 0 Å². The van der Waals surface area contributed by atoms with Crippen LogP contribution in [0.5, 0.6) is 5.75 Å². The fourth-order valence-electron chi connectivity index (χ4n) is 1.32. The maximum absolute atomic E-state index is 8.86. The normalized spacial score (nSPS) is 12.6. The highest BCUT2D eigenvalue weighted by molar-refractivity contribution is 6.47. The maximum Gasteiger partial charge on any atom is 0.134 e. The third-order valence-corrected chi connectivity index (χ3v) is 2.19. The monoisotopic (exact) mass is 236 g/mol. The van der Waals surface area contributed by atoms with Gasteiger partial charge in [-0.05, 0) is 37.6 Å². The van der Waals surface area contributed by atoms with E-state index in [9.17, 15) is 0 Å². The van der Waals surface area contributed by atoms with Crippen molar-refractivity contribution in [2.75, 3.05) is 6.61 Å². The molecule has 1 rings (SSSR count). The summed E-state index contributed by atoms with van der Waals surface area (Å²) >= 11 is 0. The molecule has 0 aliphatic rings. The Morgan fingerprint density at radius 3 is 2.29 bits per heavy atom. The van der Waals surface area contributed by atoms with Gasteiger partial charge in [0.05, 0.1) is 6.61 Å². The van der Waals surface area contributed by atoms with Gasteiger partial charge in [0.2, 0.25) is 0 Å². The zero-order valence-corrected chi connectivity index (χ0v) is 9.92. The molecule has 5 heteroatoms. The predicted molar refractivity (Wildman–Crippen MR) is 65.4 cm³/mol. The fraction of sp³-hybridized carbons (Fsp3) is 0.333. The molecule has 2 N–H and O–H groups in total. The Labute approximate surface area is 100 Å². The van der Waals surface area contributed by atoms with E-state index >= 15 is 0 Å². The van der Waals surface area contributed by atoms with Crippen LogP contribution in [0.2, 0.25) is 0 Å². The zero-order chi connectivity index (χ0) is 12.7. The Morgan fingerprint density at radius 1 is 1.18 bits per heavy atom. The van der Waals surface area contributed by atoms with Crippen molar-refractivity contribution in [1.29, 1.82) is 0 Å². The summed E-state index contributed by atoms with van der Waals surface area (Å²) in [5.74, 6) is 0.756. The van der Waals surface area contributed by atoms with Crippen LogP contribution in [0.15, 0.2) is 34.6 Å². The third kappa shape index (κ3) is 3.48. The van der Waals surface area contributed by atoms with Crippen LogP contribution in [0.25, 0.3) is 0 Å². The predicted octanol–water partition coefficient (Wildman–Crippen LogP) is 2.50. The summed E-state index contributed by atoms with van der Waals surface area (Å²) in [7, 11) is 0. The van der Waals surface area contributed by atoms with Crippen molar-refractivity contribution < 1.29 is 15.2 Å². The van der Waals surface area contributed by atoms with Gasteiger partial charge in [0.25, 0.3) is 0 Å². The number of benzene rings is 1. The molecule has 0 amide bonds. The van der Waals surface area contributed by atoms with E-state index in [0.29, 0.717) is 12.2 Å². The second kappa shape index (κ2) is 6.52. The van der Waals surface area contributed by atoms with Crippen LogP contribution in [0.3, 0.4) is 0 Å². The molecule has 17 heavy (non-hydrogen) atoms. The van der Waals surface area contributed by atoms with E-state index in [-0.39, 0.29) is 11.4 Å². The molecule has 0 spiro atoms. The van der Waals surface area contributed by atoms with Gasteiger partial charge in [-0.2, -0.15) is 0 Å². The standard InChI is InChI=1S/C12H16N2O3/c1-3-8-17-11-6-4-10(5-7-11)12(14-16)9(2)13-15/h4-7,15-16H,3,8H2,1-2H3/b13-9+,14-12-. The molecular formula is C12H16N2O3. The molecule has 0 aliphatic heterocycles. The highest BCUT2D eigenvalue weighted by atomic mass is 16.5. The van der Waals surface area contributed by atoms with E-state index < -0.39 is 0 Å². The Bertz CT molecular complexity index is 410. The molecule has 5 nitrogen and oxygen atoms in total. The largest absolute Gasteiger partial charge is 0.494 e. The molecule has 0 saturated heterocycles. The van der Waals surface area contributed by atoms with Crippen LogP contribution in [-0.4, -0.2) is 28.4 Å². The number of ether oxygens (including phenoxy) is 1. The van der Waals surface area contributed by atoms with Gasteiger partial charge in [-0.1, -0.05) is 17.2 Å². The quantitative estimate of drug-likeness (QED) is 0.468. The average molecular weight is 236 g/mol. The number of rotatable bonds is 5. The second-order valence-electron chi connectivity index (χ2n) is 3.51. The summed E-state index contributed by atoms with van der Waals surface area (Å²) in [6, 6.07) is 7.05. The molecule has 0 aromatic heterocycles. The van der Waals surface area contributed by atoms with Crippen LogP contribution in [0, 0.1) is 0 Å². The molecular weight excluding hydrogens is 220 g/mol. The van der Waals surface area contributed by atoms with E-state index in [0.717, 1.165) is 12.2 Å². The molecule has 0 atom stereocenters. The lowest BCUT2D eigenvalue weighted by molar-refractivity contribution is 0.314. The molecule has 0 bridgehead atoms. The van der Waals surface area contributed by atoms with E-state index in [1.807, 2.05) is 6.92 Å². The summed E-state index contributed by atoms with van der Waals surface area (Å²) in [5, 5.41) is 23.6. The van der Waals surface area contributed by atoms with Gasteiger partial charge in [-0.3, -0.25) is 0 Å². The smallest absolute Gasteiger partial charge is 0.134 e. The first-order valence-corrected chi connectivity index (χ1v) is 5.37. The SMILES string of the molecule is CCCOc1ccc(C(=N\O)/C(C)=N/O)cc1. The van der Waals surface area contributed by atoms with Crippen LogP contribution in [-0.2, 0) is 0 Å². The van der Waals surface area contributed by atoms with Crippen LogP contribution in [0.1, 0.15) is 25.8 Å². The van der Waals surface area contributed by atoms with Crippen LogP contribution in [0.4, 0.5) is 0 Å². The molecule has 0 heterocycles. The van der Waals surface area contributed by atoms with Gasteiger partial charge in [0.1, 0.15) is 17.2 Å². The highest BCUT2D eigenvalue weighted by Crippen LogP contribution is 2.13. The number of hydrogen-bond acceptors (Lipinski definition) is 5. The Morgan fingerprint density at radius 2 is 1.82 bits per heavy atom. The van der Waals surface area contributed by atoms with Crippen molar-refractivity contribution in [3.63, 3.8) is 0 Å². The maximum atomic E-state index is 8.86. The van der Waals surface area contributed by atoms with Crippen molar-refractivity contribution in [2.24, 2.45) is 10.3 Å². The minimum absolute atomic E-state index is 0.231. The summed E-state index contributed by atoms with van der Waals surface area (Å²) in [6.07, 6.45) is 0.946. The van der Waals surface area contributed by atoms with Crippen molar-refractivity contribution in [1.82, 2.24) is 0 Å². The Kier molecular flexibility index (Phi) is 5.00. The van der Waals surface area contributed by atoms with Crippen molar-refractivity contribution in [2.45, 2.75) is 20.3 Å². The molecule has 0 radical (unpaired) electrons. The molecule has 1 aromatic carbocycles.